The zero-order chi connectivity index (χ0) is 29.0. The summed E-state index contributed by atoms with van der Waals surface area (Å²) in [6.07, 6.45) is 6.82. The molecule has 0 saturated heterocycles. The molecular formula is C39H31N3S. The van der Waals surface area contributed by atoms with Crippen molar-refractivity contribution in [3.8, 4) is 33.9 Å². The van der Waals surface area contributed by atoms with Crippen molar-refractivity contribution in [2.24, 2.45) is 0 Å². The van der Waals surface area contributed by atoms with Gasteiger partial charge in [-0.2, -0.15) is 0 Å². The van der Waals surface area contributed by atoms with E-state index in [0.29, 0.717) is 0 Å². The third-order valence-corrected chi connectivity index (χ3v) is 10.2. The van der Waals surface area contributed by atoms with Gasteiger partial charge in [0.15, 0.2) is 5.82 Å². The van der Waals surface area contributed by atoms with Gasteiger partial charge in [-0.3, -0.25) is 0 Å². The van der Waals surface area contributed by atoms with E-state index in [-0.39, 0.29) is 5.41 Å². The van der Waals surface area contributed by atoms with E-state index in [1.165, 1.54) is 31.9 Å². The van der Waals surface area contributed by atoms with Crippen LogP contribution in [0, 0.1) is 0 Å². The second kappa shape index (κ2) is 10.2. The first-order chi connectivity index (χ1) is 21.1. The second-order valence-corrected chi connectivity index (χ2v) is 12.8. The van der Waals surface area contributed by atoms with E-state index in [0.717, 1.165) is 52.4 Å². The molecule has 43 heavy (non-hydrogen) atoms. The van der Waals surface area contributed by atoms with Crippen molar-refractivity contribution in [1.29, 1.82) is 0 Å². The maximum atomic E-state index is 5.12. The number of thiophene rings is 1. The lowest BCUT2D eigenvalue weighted by molar-refractivity contribution is 0.583. The maximum absolute atomic E-state index is 5.12. The maximum Gasteiger partial charge on any atom is 0.160 e. The summed E-state index contributed by atoms with van der Waals surface area (Å²) in [7, 11) is 0. The van der Waals surface area contributed by atoms with Crippen molar-refractivity contribution in [2.45, 2.75) is 32.1 Å². The molecule has 4 aromatic carbocycles. The average Bonchev–Trinajstić information content (AvgIpc) is 3.46. The van der Waals surface area contributed by atoms with Gasteiger partial charge in [-0.05, 0) is 48.8 Å². The molecule has 2 aliphatic rings. The molecule has 6 aromatic rings. The summed E-state index contributed by atoms with van der Waals surface area (Å²) in [5.41, 5.74) is 10.2. The average molecular weight is 574 g/mol. The van der Waals surface area contributed by atoms with Crippen LogP contribution in [0.5, 0.6) is 0 Å². The Morgan fingerprint density at radius 2 is 1.35 bits per heavy atom. The fourth-order valence-corrected chi connectivity index (χ4v) is 7.89. The normalized spacial score (nSPS) is 15.4. The third kappa shape index (κ3) is 4.33. The van der Waals surface area contributed by atoms with Crippen LogP contribution in [0.15, 0.2) is 139 Å². The van der Waals surface area contributed by atoms with Crippen LogP contribution >= 0.6 is 11.3 Å². The first-order valence-corrected chi connectivity index (χ1v) is 15.7. The number of rotatable bonds is 4. The van der Waals surface area contributed by atoms with E-state index in [4.69, 9.17) is 9.97 Å². The number of benzene rings is 4. The number of aromatic nitrogens is 2. The summed E-state index contributed by atoms with van der Waals surface area (Å²) in [4.78, 5) is 14.2. The molecule has 0 N–H and O–H groups in total. The van der Waals surface area contributed by atoms with E-state index >= 15 is 0 Å². The Labute approximate surface area is 256 Å². The van der Waals surface area contributed by atoms with Crippen LogP contribution in [0.2, 0.25) is 0 Å². The van der Waals surface area contributed by atoms with Crippen LogP contribution in [0.25, 0.3) is 44.0 Å². The Morgan fingerprint density at radius 1 is 0.698 bits per heavy atom. The van der Waals surface area contributed by atoms with Crippen LogP contribution in [-0.4, -0.2) is 9.97 Å². The van der Waals surface area contributed by atoms with Gasteiger partial charge >= 0.3 is 0 Å². The molecule has 0 radical (unpaired) electrons. The lowest BCUT2D eigenvalue weighted by atomic mass is 9.74. The fraction of sp³-hybridized carbons (Fsp3) is 0.128. The van der Waals surface area contributed by atoms with Crippen molar-refractivity contribution < 1.29 is 0 Å². The molecule has 3 heterocycles. The predicted molar refractivity (Wildman–Crippen MR) is 181 cm³/mol. The van der Waals surface area contributed by atoms with Crippen molar-refractivity contribution in [3.05, 3.63) is 144 Å². The zero-order valence-electron chi connectivity index (χ0n) is 24.3. The van der Waals surface area contributed by atoms with E-state index in [2.05, 4.69) is 134 Å². The van der Waals surface area contributed by atoms with Gasteiger partial charge in [0.1, 0.15) is 0 Å². The summed E-state index contributed by atoms with van der Waals surface area (Å²) in [6, 6.07) is 40.5. The molecule has 1 aliphatic carbocycles. The van der Waals surface area contributed by atoms with Crippen LogP contribution in [0.1, 0.15) is 31.6 Å². The molecule has 2 aromatic heterocycles. The zero-order valence-corrected chi connectivity index (χ0v) is 25.1. The van der Waals surface area contributed by atoms with Gasteiger partial charge < -0.3 is 4.90 Å². The van der Waals surface area contributed by atoms with Gasteiger partial charge in [0.05, 0.1) is 17.1 Å². The van der Waals surface area contributed by atoms with Crippen molar-refractivity contribution in [2.75, 3.05) is 4.90 Å². The molecule has 4 heteroatoms. The van der Waals surface area contributed by atoms with Crippen molar-refractivity contribution >= 4 is 32.8 Å². The Kier molecular flexibility index (Phi) is 6.13. The molecule has 3 nitrogen and oxygen atoms in total. The highest BCUT2D eigenvalue weighted by Gasteiger charge is 2.41. The summed E-state index contributed by atoms with van der Waals surface area (Å²) in [5, 5.41) is 1.31. The Hall–Kier alpha value is -4.80. The molecule has 0 bridgehead atoms. The number of anilines is 2. The van der Waals surface area contributed by atoms with Gasteiger partial charge in [-0.1, -0.05) is 111 Å². The summed E-state index contributed by atoms with van der Waals surface area (Å²) >= 11 is 1.94. The first-order valence-electron chi connectivity index (χ1n) is 14.9. The van der Waals surface area contributed by atoms with E-state index in [1.807, 2.05) is 23.5 Å². The minimum absolute atomic E-state index is 0.0229. The standard InChI is InChI=1S/C39H31N3S/c1-39(2)31-21-10-11-22-34(31)42(36-30-20-9-12-23-35(30)43-37(36)39)29-19-13-18-28(24-29)38-40-32(26-14-5-3-6-15-26)25-33(41-38)27-16-7-4-8-17-27/h3-9,11-20,22-25H,10,21H2,1-2H3. The van der Waals surface area contributed by atoms with Crippen LogP contribution in [-0.2, 0) is 5.41 Å². The Balaban J connectivity index is 1.33. The number of nitrogens with zero attached hydrogens (tertiary/aromatic N) is 3. The SMILES string of the molecule is CC1(C)C2=C(C=CCC2)N(c2cccc(-c3nc(-c4ccccc4)cc(-c4ccccc4)n3)c2)c2c1sc1ccccc21. The van der Waals surface area contributed by atoms with Gasteiger partial charge in [-0.15, -0.1) is 11.3 Å². The molecule has 1 aliphatic heterocycles. The highest BCUT2D eigenvalue weighted by molar-refractivity contribution is 7.20. The minimum Gasteiger partial charge on any atom is -0.309 e. The molecule has 208 valence electrons. The topological polar surface area (TPSA) is 29.0 Å². The molecule has 0 atom stereocenters. The van der Waals surface area contributed by atoms with Gasteiger partial charge in [0.2, 0.25) is 0 Å². The quantitative estimate of drug-likeness (QED) is 0.210. The van der Waals surface area contributed by atoms with Gasteiger partial charge in [-0.25, -0.2) is 9.97 Å². The number of hydrogen-bond acceptors (Lipinski definition) is 4. The fourth-order valence-electron chi connectivity index (χ4n) is 6.57. The smallest absolute Gasteiger partial charge is 0.160 e. The molecular weight excluding hydrogens is 543 g/mol. The lowest BCUT2D eigenvalue weighted by Crippen LogP contribution is -2.33. The van der Waals surface area contributed by atoms with Crippen molar-refractivity contribution in [1.82, 2.24) is 9.97 Å². The lowest BCUT2D eigenvalue weighted by Gasteiger charge is -2.42. The number of fused-ring (bicyclic) bond motifs is 3. The Bertz CT molecular complexity index is 1990. The Morgan fingerprint density at radius 3 is 2.07 bits per heavy atom. The van der Waals surface area contributed by atoms with E-state index in [1.54, 1.807) is 0 Å². The molecule has 0 spiro atoms. The number of hydrogen-bond donors (Lipinski definition) is 0. The molecule has 0 fully saturated rings. The monoisotopic (exact) mass is 573 g/mol. The molecule has 0 amide bonds. The van der Waals surface area contributed by atoms with Crippen molar-refractivity contribution in [3.63, 3.8) is 0 Å². The molecule has 8 rings (SSSR count). The van der Waals surface area contributed by atoms with E-state index in [9.17, 15) is 0 Å². The largest absolute Gasteiger partial charge is 0.309 e. The highest BCUT2D eigenvalue weighted by Crippen LogP contribution is 2.56. The highest BCUT2D eigenvalue weighted by atomic mass is 32.1. The summed E-state index contributed by atoms with van der Waals surface area (Å²) in [5.74, 6) is 0.725. The van der Waals surface area contributed by atoms with Crippen LogP contribution in [0.3, 0.4) is 0 Å². The van der Waals surface area contributed by atoms with Gasteiger partial charge in [0, 0.05) is 48.5 Å². The van der Waals surface area contributed by atoms with Gasteiger partial charge in [0.25, 0.3) is 0 Å². The third-order valence-electron chi connectivity index (χ3n) is 8.73. The van der Waals surface area contributed by atoms with Crippen LogP contribution < -0.4 is 4.90 Å². The molecule has 0 saturated carbocycles. The molecule has 0 unspecified atom stereocenters. The van der Waals surface area contributed by atoms with Crippen LogP contribution in [0.4, 0.5) is 11.4 Å². The predicted octanol–water partition coefficient (Wildman–Crippen LogP) is 10.7. The second-order valence-electron chi connectivity index (χ2n) is 11.8. The summed E-state index contributed by atoms with van der Waals surface area (Å²) in [6.45, 7) is 4.80. The van der Waals surface area contributed by atoms with E-state index < -0.39 is 0 Å². The summed E-state index contributed by atoms with van der Waals surface area (Å²) < 4.78 is 1.33. The number of allylic oxidation sites excluding steroid dienone is 3. The first kappa shape index (κ1) is 25.9. The minimum atomic E-state index is -0.0229.